The number of rotatable bonds is 4. The van der Waals surface area contributed by atoms with Gasteiger partial charge in [-0.2, -0.15) is 0 Å². The Labute approximate surface area is 52.8 Å². The van der Waals surface area contributed by atoms with Gasteiger partial charge in [-0.3, -0.25) is 0 Å². The van der Waals surface area contributed by atoms with Crippen molar-refractivity contribution in [2.24, 2.45) is 11.8 Å². The van der Waals surface area contributed by atoms with Gasteiger partial charge in [0.2, 0.25) is 0 Å². The highest BCUT2D eigenvalue weighted by Crippen LogP contribution is 2.32. The first-order valence-electron chi connectivity index (χ1n) is 1.14. The van der Waals surface area contributed by atoms with Crippen molar-refractivity contribution in [1.29, 1.82) is 0 Å². The molecular weight excluding hydrogens is 156 g/mol. The second kappa shape index (κ2) is 6.89. The third-order valence-corrected chi connectivity index (χ3v) is 2.21. The molecule has 0 aliphatic heterocycles. The van der Waals surface area contributed by atoms with Gasteiger partial charge in [-0.15, -0.1) is 0 Å². The molecule has 0 spiro atoms. The Bertz CT molecular complexity index is 30.1. The van der Waals surface area contributed by atoms with Crippen LogP contribution in [0.4, 0.5) is 0 Å². The Kier molecular flexibility index (Phi) is 7.77. The Morgan fingerprint density at radius 1 is 1.00 bits per heavy atom. The van der Waals surface area contributed by atoms with E-state index in [2.05, 4.69) is 20.4 Å². The van der Waals surface area contributed by atoms with Crippen molar-refractivity contribution >= 4 is 32.0 Å². The molecule has 0 aromatic heterocycles. The summed E-state index contributed by atoms with van der Waals surface area (Å²) in [6.45, 7) is 0. The molecule has 0 rings (SSSR count). The maximum atomic E-state index is 4.60. The van der Waals surface area contributed by atoms with Gasteiger partial charge in [0.25, 0.3) is 0 Å². The Balaban J connectivity index is 2.45. The van der Waals surface area contributed by atoms with Crippen LogP contribution in [0.15, 0.2) is 0 Å². The van der Waals surface area contributed by atoms with E-state index in [0.29, 0.717) is 0 Å². The van der Waals surface area contributed by atoms with Gasteiger partial charge in [0.15, 0.2) is 0 Å². The fraction of sp³-hybridized carbons (Fsp3) is 0. The van der Waals surface area contributed by atoms with Crippen molar-refractivity contribution in [1.82, 2.24) is 0 Å². The molecule has 0 saturated carbocycles. The van der Waals surface area contributed by atoms with E-state index in [1.165, 1.54) is 9.83 Å². The van der Waals surface area contributed by atoms with Gasteiger partial charge < -0.3 is 0 Å². The van der Waals surface area contributed by atoms with Gasteiger partial charge in [0, 0.05) is 9.83 Å². The minimum Gasteiger partial charge on any atom is -0.222 e. The maximum Gasteiger partial charge on any atom is 0.0995 e. The standard InChI is InChI=1S/H4N2O2S3/c1-3-5-7-6-4-2/h1-2H2. The molecule has 0 aliphatic rings. The highest BCUT2D eigenvalue weighted by Gasteiger charge is 1.85. The molecule has 4 N–H and O–H groups in total. The summed E-state index contributed by atoms with van der Waals surface area (Å²) in [5.41, 5.74) is 0. The molecule has 0 aliphatic carbocycles. The van der Waals surface area contributed by atoms with Gasteiger partial charge in [0.05, 0.1) is 22.1 Å². The molecule has 0 aromatic rings. The van der Waals surface area contributed by atoms with Gasteiger partial charge >= 0.3 is 0 Å². The fourth-order valence-electron chi connectivity index (χ4n) is 0.0434. The van der Waals surface area contributed by atoms with E-state index < -0.39 is 0 Å². The summed E-state index contributed by atoms with van der Waals surface area (Å²) in [7, 11) is 1.19. The van der Waals surface area contributed by atoms with Crippen LogP contribution >= 0.6 is 32.0 Å². The molecule has 0 amide bonds. The van der Waals surface area contributed by atoms with Crippen LogP contribution < -0.4 is 11.8 Å². The maximum absolute atomic E-state index is 4.60. The molecule has 0 atom stereocenters. The van der Waals surface area contributed by atoms with Crippen LogP contribution in [0.1, 0.15) is 0 Å². The van der Waals surface area contributed by atoms with Gasteiger partial charge in [-0.25, -0.2) is 20.4 Å². The van der Waals surface area contributed by atoms with Crippen LogP contribution in [0.2, 0.25) is 0 Å². The lowest BCUT2D eigenvalue weighted by molar-refractivity contribution is 0.403. The van der Waals surface area contributed by atoms with E-state index in [9.17, 15) is 0 Å². The highest BCUT2D eigenvalue weighted by molar-refractivity contribution is 9.07. The molecule has 0 unspecified atom stereocenters. The number of hydrogen-bond acceptors (Lipinski definition) is 7. The van der Waals surface area contributed by atoms with Crippen LogP contribution in [-0.4, -0.2) is 0 Å². The van der Waals surface area contributed by atoms with Crippen molar-refractivity contribution in [3.63, 3.8) is 0 Å². The van der Waals surface area contributed by atoms with Crippen molar-refractivity contribution < 1.29 is 8.57 Å². The zero-order valence-electron chi connectivity index (χ0n) is 3.20. The lowest BCUT2D eigenvalue weighted by atomic mass is 13.6. The molecule has 0 saturated heterocycles. The Hall–Kier alpha value is 0.890. The van der Waals surface area contributed by atoms with Crippen molar-refractivity contribution in [3.05, 3.63) is 0 Å². The average molecular weight is 160 g/mol. The van der Waals surface area contributed by atoms with Gasteiger partial charge in [-0.05, 0) is 0 Å². The van der Waals surface area contributed by atoms with Crippen LogP contribution in [0, 0.1) is 0 Å². The lowest BCUT2D eigenvalue weighted by Crippen LogP contribution is -1.85. The van der Waals surface area contributed by atoms with Crippen LogP contribution in [-0.2, 0) is 8.57 Å². The smallest absolute Gasteiger partial charge is 0.0995 e. The summed E-state index contributed by atoms with van der Waals surface area (Å²) >= 11 is 1.97. The molecule has 7 heteroatoms. The number of nitrogens with two attached hydrogens (primary N) is 2. The second-order valence-electron chi connectivity index (χ2n) is 0.397. The Morgan fingerprint density at radius 3 is 1.71 bits per heavy atom. The van der Waals surface area contributed by atoms with E-state index in [4.69, 9.17) is 0 Å². The van der Waals surface area contributed by atoms with Crippen LogP contribution in [0.3, 0.4) is 0 Å². The van der Waals surface area contributed by atoms with Crippen molar-refractivity contribution in [3.8, 4) is 0 Å². The molecule has 0 bridgehead atoms. The van der Waals surface area contributed by atoms with E-state index >= 15 is 0 Å². The molecule has 0 heterocycles. The SMILES string of the molecule is NOSSSON. The molecule has 0 fully saturated rings. The topological polar surface area (TPSA) is 70.5 Å². The zero-order chi connectivity index (χ0) is 5.54. The minimum atomic E-state index is 0.985. The predicted molar refractivity (Wildman–Crippen MR) is 33.3 cm³/mol. The summed E-state index contributed by atoms with van der Waals surface area (Å²) < 4.78 is 8.13. The summed E-state index contributed by atoms with van der Waals surface area (Å²) in [4.78, 5) is 0. The summed E-state index contributed by atoms with van der Waals surface area (Å²) in [6, 6.07) is 0. The zero-order valence-corrected chi connectivity index (χ0v) is 5.65. The quantitative estimate of drug-likeness (QED) is 0.270. The van der Waals surface area contributed by atoms with Crippen LogP contribution in [0.5, 0.6) is 0 Å². The van der Waals surface area contributed by atoms with E-state index in [1.54, 1.807) is 0 Å². The third kappa shape index (κ3) is 6.89. The summed E-state index contributed by atoms with van der Waals surface area (Å²) in [6.07, 6.45) is 0. The molecule has 0 aromatic carbocycles. The van der Waals surface area contributed by atoms with Gasteiger partial charge in [-0.1, -0.05) is 0 Å². The molecule has 0 radical (unpaired) electrons. The lowest BCUT2D eigenvalue weighted by Gasteiger charge is -1.88. The van der Waals surface area contributed by atoms with E-state index in [0.717, 1.165) is 22.1 Å². The van der Waals surface area contributed by atoms with Gasteiger partial charge in [0.1, 0.15) is 0 Å². The largest absolute Gasteiger partial charge is 0.222 e. The highest BCUT2D eigenvalue weighted by atomic mass is 33.5. The number of hydrogen-bond donors (Lipinski definition) is 2. The predicted octanol–water partition coefficient (Wildman–Crippen LogP) is 0.627. The summed E-state index contributed by atoms with van der Waals surface area (Å²) in [5.74, 6) is 9.20. The third-order valence-electron chi connectivity index (χ3n) is 0.134. The molecule has 4 nitrogen and oxygen atoms in total. The van der Waals surface area contributed by atoms with Crippen molar-refractivity contribution in [2.75, 3.05) is 0 Å². The van der Waals surface area contributed by atoms with Crippen LogP contribution in [0.25, 0.3) is 0 Å². The normalized spacial score (nSPS) is 9.43. The average Bonchev–Trinajstić information content (AvgIpc) is 1.69. The van der Waals surface area contributed by atoms with Crippen molar-refractivity contribution in [2.45, 2.75) is 0 Å². The Morgan fingerprint density at radius 2 is 1.43 bits per heavy atom. The first-order chi connectivity index (χ1) is 3.41. The van der Waals surface area contributed by atoms with E-state index in [-0.39, 0.29) is 0 Å². The first-order valence-corrected chi connectivity index (χ1v) is 4.47. The summed E-state index contributed by atoms with van der Waals surface area (Å²) in [5, 5.41) is 0. The second-order valence-corrected chi connectivity index (χ2v) is 3.64. The minimum absolute atomic E-state index is 0.985. The molecule has 7 heavy (non-hydrogen) atoms. The first kappa shape index (κ1) is 7.89. The fourth-order valence-corrected chi connectivity index (χ4v) is 1.17. The van der Waals surface area contributed by atoms with E-state index in [1.807, 2.05) is 0 Å². The molecular formula is H4N2O2S3. The monoisotopic (exact) mass is 160 g/mol. The molecule has 44 valence electrons.